The maximum atomic E-state index is 12.7. The Labute approximate surface area is 170 Å². The minimum atomic E-state index is -0.762. The van der Waals surface area contributed by atoms with Crippen LogP contribution in [0.15, 0.2) is 54.6 Å². The summed E-state index contributed by atoms with van der Waals surface area (Å²) in [4.78, 5) is 26.3. The fourth-order valence-corrected chi connectivity index (χ4v) is 3.24. The maximum Gasteiger partial charge on any atom is 0.251 e. The van der Waals surface area contributed by atoms with Crippen molar-refractivity contribution in [2.75, 3.05) is 33.9 Å². The van der Waals surface area contributed by atoms with E-state index in [0.717, 1.165) is 16.9 Å². The van der Waals surface area contributed by atoms with Crippen LogP contribution in [0.4, 0.5) is 0 Å². The zero-order chi connectivity index (χ0) is 20.6. The molecule has 1 heterocycles. The molecule has 0 unspecified atom stereocenters. The Morgan fingerprint density at radius 3 is 2.59 bits per heavy atom. The molecule has 1 aliphatic rings. The molecule has 2 aromatic rings. The lowest BCUT2D eigenvalue weighted by Crippen LogP contribution is -2.53. The predicted molar refractivity (Wildman–Crippen MR) is 107 cm³/mol. The van der Waals surface area contributed by atoms with Gasteiger partial charge in [-0.1, -0.05) is 42.5 Å². The van der Waals surface area contributed by atoms with E-state index in [4.69, 9.17) is 14.2 Å². The van der Waals surface area contributed by atoms with Gasteiger partial charge in [0.05, 0.1) is 26.4 Å². The Hall–Kier alpha value is -2.90. The molecule has 154 valence electrons. The van der Waals surface area contributed by atoms with E-state index in [1.54, 1.807) is 19.1 Å². The summed E-state index contributed by atoms with van der Waals surface area (Å²) in [5.74, 6) is 0.391. The first-order valence-corrected chi connectivity index (χ1v) is 9.50. The van der Waals surface area contributed by atoms with Crippen molar-refractivity contribution in [3.8, 4) is 5.75 Å². The van der Waals surface area contributed by atoms with Gasteiger partial charge in [-0.15, -0.1) is 0 Å². The molecule has 1 saturated heterocycles. The van der Waals surface area contributed by atoms with Crippen molar-refractivity contribution in [2.24, 2.45) is 0 Å². The third kappa shape index (κ3) is 5.34. The largest absolute Gasteiger partial charge is 0.497 e. The van der Waals surface area contributed by atoms with Crippen LogP contribution in [-0.4, -0.2) is 56.7 Å². The second-order valence-electron chi connectivity index (χ2n) is 6.78. The van der Waals surface area contributed by atoms with E-state index in [2.05, 4.69) is 5.32 Å². The Morgan fingerprint density at radius 1 is 1.17 bits per heavy atom. The highest BCUT2D eigenvalue weighted by Crippen LogP contribution is 2.29. The first kappa shape index (κ1) is 20.8. The topological polar surface area (TPSA) is 77.1 Å². The van der Waals surface area contributed by atoms with Gasteiger partial charge in [0.1, 0.15) is 12.4 Å². The lowest BCUT2D eigenvalue weighted by Gasteiger charge is -2.38. The Bertz CT molecular complexity index is 810. The lowest BCUT2D eigenvalue weighted by molar-refractivity contribution is -0.162. The summed E-state index contributed by atoms with van der Waals surface area (Å²) in [6.07, 6.45) is -0.762. The molecule has 0 spiro atoms. The number of ether oxygens (including phenoxy) is 3. The maximum absolute atomic E-state index is 12.7. The second-order valence-corrected chi connectivity index (χ2v) is 6.78. The van der Waals surface area contributed by atoms with Crippen molar-refractivity contribution in [1.82, 2.24) is 10.2 Å². The minimum Gasteiger partial charge on any atom is -0.497 e. The number of morpholine rings is 1. The van der Waals surface area contributed by atoms with E-state index in [0.29, 0.717) is 19.8 Å². The van der Waals surface area contributed by atoms with Crippen LogP contribution in [0.5, 0.6) is 5.75 Å². The highest BCUT2D eigenvalue weighted by molar-refractivity contribution is 5.86. The Kier molecular flexibility index (Phi) is 7.21. The average molecular weight is 398 g/mol. The summed E-state index contributed by atoms with van der Waals surface area (Å²) in [5, 5.41) is 2.85. The number of rotatable bonds is 8. The number of benzene rings is 2. The molecule has 0 bridgehead atoms. The van der Waals surface area contributed by atoms with Gasteiger partial charge in [-0.05, 0) is 23.3 Å². The molecule has 0 saturated carbocycles. The number of nitrogens with zero attached hydrogens (tertiary/aromatic N) is 1. The summed E-state index contributed by atoms with van der Waals surface area (Å²) in [6, 6.07) is 16.6. The van der Waals surface area contributed by atoms with Crippen molar-refractivity contribution in [1.29, 1.82) is 0 Å². The molecule has 1 fully saturated rings. The van der Waals surface area contributed by atoms with E-state index in [-0.39, 0.29) is 18.4 Å². The highest BCUT2D eigenvalue weighted by atomic mass is 16.5. The SMILES string of the molecule is COc1ccc(COCCNC(=O)[C@@H]2OCC(=O)N(C)[C@@H]2c2ccccc2)cc1. The number of hydrogen-bond acceptors (Lipinski definition) is 5. The van der Waals surface area contributed by atoms with Crippen molar-refractivity contribution in [3.63, 3.8) is 0 Å². The van der Waals surface area contributed by atoms with Crippen LogP contribution < -0.4 is 10.1 Å². The zero-order valence-corrected chi connectivity index (χ0v) is 16.7. The third-order valence-corrected chi connectivity index (χ3v) is 4.86. The van der Waals surface area contributed by atoms with Crippen LogP contribution in [0.1, 0.15) is 17.2 Å². The number of likely N-dealkylation sites (N-methyl/N-ethyl adjacent to an activating group) is 1. The molecule has 1 aliphatic heterocycles. The molecule has 0 aliphatic carbocycles. The summed E-state index contributed by atoms with van der Waals surface area (Å²) >= 11 is 0. The molecule has 2 aromatic carbocycles. The Morgan fingerprint density at radius 2 is 1.90 bits per heavy atom. The van der Waals surface area contributed by atoms with Crippen molar-refractivity contribution < 1.29 is 23.8 Å². The zero-order valence-electron chi connectivity index (χ0n) is 16.7. The second kappa shape index (κ2) is 10.0. The van der Waals surface area contributed by atoms with Gasteiger partial charge in [0, 0.05) is 13.6 Å². The smallest absolute Gasteiger partial charge is 0.251 e. The number of carbonyl (C=O) groups is 2. The van der Waals surface area contributed by atoms with Gasteiger partial charge in [-0.2, -0.15) is 0 Å². The molecule has 3 rings (SSSR count). The van der Waals surface area contributed by atoms with Gasteiger partial charge in [-0.25, -0.2) is 0 Å². The van der Waals surface area contributed by atoms with Gasteiger partial charge in [-0.3, -0.25) is 9.59 Å². The van der Waals surface area contributed by atoms with Gasteiger partial charge in [0.15, 0.2) is 6.10 Å². The van der Waals surface area contributed by atoms with E-state index >= 15 is 0 Å². The molecule has 2 atom stereocenters. The van der Waals surface area contributed by atoms with Crippen molar-refractivity contribution in [3.05, 3.63) is 65.7 Å². The van der Waals surface area contributed by atoms with E-state index in [1.807, 2.05) is 54.6 Å². The van der Waals surface area contributed by atoms with Crippen molar-refractivity contribution in [2.45, 2.75) is 18.8 Å². The van der Waals surface area contributed by atoms with E-state index in [1.165, 1.54) is 0 Å². The Balaban J connectivity index is 1.50. The van der Waals surface area contributed by atoms with Gasteiger partial charge < -0.3 is 24.4 Å². The molecule has 0 aromatic heterocycles. The van der Waals surface area contributed by atoms with E-state index < -0.39 is 12.1 Å². The normalized spacial score (nSPS) is 19.1. The first-order valence-electron chi connectivity index (χ1n) is 9.50. The number of nitrogens with one attached hydrogen (secondary N) is 1. The summed E-state index contributed by atoms with van der Waals surface area (Å²) in [5.41, 5.74) is 1.89. The number of hydrogen-bond donors (Lipinski definition) is 1. The molecule has 2 amide bonds. The van der Waals surface area contributed by atoms with Gasteiger partial charge in [0.2, 0.25) is 5.91 Å². The fourth-order valence-electron chi connectivity index (χ4n) is 3.24. The first-order chi connectivity index (χ1) is 14.1. The van der Waals surface area contributed by atoms with Crippen LogP contribution in [-0.2, 0) is 25.7 Å². The van der Waals surface area contributed by atoms with E-state index in [9.17, 15) is 9.59 Å². The standard InChI is InChI=1S/C22H26N2O5/c1-24-19(25)15-29-21(20(24)17-6-4-3-5-7-17)22(26)23-12-13-28-14-16-8-10-18(27-2)11-9-16/h3-11,20-21H,12-15H2,1-2H3,(H,23,26)/t20-,21-/m1/s1. The quantitative estimate of drug-likeness (QED) is 0.688. The highest BCUT2D eigenvalue weighted by Gasteiger charge is 2.39. The number of amides is 2. The monoisotopic (exact) mass is 398 g/mol. The summed E-state index contributed by atoms with van der Waals surface area (Å²) in [6.45, 7) is 1.07. The van der Waals surface area contributed by atoms with Gasteiger partial charge >= 0.3 is 0 Å². The molecular weight excluding hydrogens is 372 g/mol. The average Bonchev–Trinajstić information content (AvgIpc) is 2.76. The predicted octanol–water partition coefficient (Wildman–Crippen LogP) is 1.93. The molecule has 7 heteroatoms. The minimum absolute atomic E-state index is 0.105. The molecule has 1 N–H and O–H groups in total. The molecular formula is C22H26N2O5. The molecule has 29 heavy (non-hydrogen) atoms. The third-order valence-electron chi connectivity index (χ3n) is 4.86. The van der Waals surface area contributed by atoms with Crippen LogP contribution >= 0.6 is 0 Å². The van der Waals surface area contributed by atoms with Gasteiger partial charge in [0.25, 0.3) is 5.91 Å². The fraction of sp³-hybridized carbons (Fsp3) is 0.364. The summed E-state index contributed by atoms with van der Waals surface area (Å²) in [7, 11) is 3.32. The van der Waals surface area contributed by atoms with Crippen LogP contribution in [0, 0.1) is 0 Å². The molecule has 7 nitrogen and oxygen atoms in total. The lowest BCUT2D eigenvalue weighted by atomic mass is 9.97. The molecule has 0 radical (unpaired) electrons. The van der Waals surface area contributed by atoms with Crippen LogP contribution in [0.3, 0.4) is 0 Å². The van der Waals surface area contributed by atoms with Crippen molar-refractivity contribution >= 4 is 11.8 Å². The number of carbonyl (C=O) groups excluding carboxylic acids is 2. The number of methoxy groups -OCH3 is 1. The van der Waals surface area contributed by atoms with Crippen LogP contribution in [0.25, 0.3) is 0 Å². The summed E-state index contributed by atoms with van der Waals surface area (Å²) < 4.78 is 16.3. The van der Waals surface area contributed by atoms with Crippen LogP contribution in [0.2, 0.25) is 0 Å².